The van der Waals surface area contributed by atoms with Crippen molar-refractivity contribution >= 4 is 29.1 Å². The number of anilines is 1. The molecule has 0 fully saturated rings. The highest BCUT2D eigenvalue weighted by molar-refractivity contribution is 6.34. The molecule has 0 aliphatic carbocycles. The topological polar surface area (TPSA) is 78.4 Å². The lowest BCUT2D eigenvalue weighted by atomic mass is 10.1. The summed E-state index contributed by atoms with van der Waals surface area (Å²) < 4.78 is 0. The predicted octanol–water partition coefficient (Wildman–Crippen LogP) is 2.44. The molecule has 0 aromatic heterocycles. The molecule has 2 amide bonds. The Balaban J connectivity index is 2.75. The van der Waals surface area contributed by atoms with Crippen molar-refractivity contribution in [3.05, 3.63) is 28.8 Å². The molecular formula is C15H21ClN2O3. The quantitative estimate of drug-likeness (QED) is 0.677. The molecule has 0 spiro atoms. The molecule has 0 heterocycles. The number of carbonyl (C=O) groups excluding carboxylic acids is 2. The summed E-state index contributed by atoms with van der Waals surface area (Å²) in [6, 6.07) is 4.79. The molecule has 1 rings (SSSR count). The third kappa shape index (κ3) is 6.14. The largest absolute Gasteiger partial charge is 0.396 e. The number of halogens is 1. The van der Waals surface area contributed by atoms with Crippen molar-refractivity contribution in [3.8, 4) is 0 Å². The summed E-state index contributed by atoms with van der Waals surface area (Å²) in [5, 5.41) is 14.4. The van der Waals surface area contributed by atoms with Crippen LogP contribution in [0.3, 0.4) is 0 Å². The van der Waals surface area contributed by atoms with E-state index in [4.69, 9.17) is 16.7 Å². The molecule has 0 radical (unpaired) electrons. The second kappa shape index (κ2) is 8.64. The van der Waals surface area contributed by atoms with Gasteiger partial charge in [0.15, 0.2) is 0 Å². The van der Waals surface area contributed by atoms with E-state index in [9.17, 15) is 9.59 Å². The normalized spacial score (nSPS) is 10.5. The molecular weight excluding hydrogens is 292 g/mol. The van der Waals surface area contributed by atoms with Gasteiger partial charge in [0.05, 0.1) is 10.6 Å². The van der Waals surface area contributed by atoms with Gasteiger partial charge in [-0.1, -0.05) is 25.4 Å². The lowest BCUT2D eigenvalue weighted by Gasteiger charge is -2.10. The van der Waals surface area contributed by atoms with Crippen molar-refractivity contribution in [1.29, 1.82) is 0 Å². The first-order chi connectivity index (χ1) is 9.93. The van der Waals surface area contributed by atoms with Crippen LogP contribution in [0.25, 0.3) is 0 Å². The SMILES string of the molecule is CC(C)CC(=O)Nc1ccc(Cl)c(C(=O)NCCCO)c1. The number of aliphatic hydroxyl groups excluding tert-OH is 1. The van der Waals surface area contributed by atoms with E-state index in [1.54, 1.807) is 18.2 Å². The number of nitrogens with one attached hydrogen (secondary N) is 2. The Bertz CT molecular complexity index is 504. The zero-order chi connectivity index (χ0) is 15.8. The maximum Gasteiger partial charge on any atom is 0.252 e. The van der Waals surface area contributed by atoms with Crippen LogP contribution in [0.15, 0.2) is 18.2 Å². The van der Waals surface area contributed by atoms with Crippen LogP contribution in [0.5, 0.6) is 0 Å². The third-order valence-corrected chi connectivity index (χ3v) is 3.04. The van der Waals surface area contributed by atoms with Gasteiger partial charge in [0, 0.05) is 25.3 Å². The van der Waals surface area contributed by atoms with E-state index in [-0.39, 0.29) is 24.3 Å². The number of carbonyl (C=O) groups is 2. The van der Waals surface area contributed by atoms with Crippen LogP contribution in [0.2, 0.25) is 5.02 Å². The minimum atomic E-state index is -0.326. The summed E-state index contributed by atoms with van der Waals surface area (Å²) in [5.41, 5.74) is 0.842. The number of amides is 2. The summed E-state index contributed by atoms with van der Waals surface area (Å²) in [4.78, 5) is 23.7. The van der Waals surface area contributed by atoms with E-state index in [0.29, 0.717) is 35.7 Å². The molecule has 21 heavy (non-hydrogen) atoms. The van der Waals surface area contributed by atoms with Gasteiger partial charge in [-0.2, -0.15) is 0 Å². The Morgan fingerprint density at radius 1 is 1.33 bits per heavy atom. The zero-order valence-corrected chi connectivity index (χ0v) is 13.0. The molecule has 0 aliphatic rings. The van der Waals surface area contributed by atoms with Crippen molar-refractivity contribution in [3.63, 3.8) is 0 Å². The number of hydrogen-bond donors (Lipinski definition) is 3. The van der Waals surface area contributed by atoms with Gasteiger partial charge in [0.25, 0.3) is 5.91 Å². The van der Waals surface area contributed by atoms with E-state index in [1.165, 1.54) is 0 Å². The van der Waals surface area contributed by atoms with Crippen LogP contribution in [0, 0.1) is 5.92 Å². The van der Waals surface area contributed by atoms with Crippen molar-refractivity contribution in [2.24, 2.45) is 5.92 Å². The van der Waals surface area contributed by atoms with Crippen LogP contribution in [0.1, 0.15) is 37.0 Å². The van der Waals surface area contributed by atoms with Gasteiger partial charge < -0.3 is 15.7 Å². The maximum atomic E-state index is 12.0. The highest BCUT2D eigenvalue weighted by Gasteiger charge is 2.12. The fourth-order valence-corrected chi connectivity index (χ4v) is 1.94. The van der Waals surface area contributed by atoms with Gasteiger partial charge in [0.2, 0.25) is 5.91 Å². The summed E-state index contributed by atoms with van der Waals surface area (Å²) in [5.74, 6) is -0.161. The van der Waals surface area contributed by atoms with Crippen molar-refractivity contribution in [2.45, 2.75) is 26.7 Å². The molecule has 5 nitrogen and oxygen atoms in total. The highest BCUT2D eigenvalue weighted by atomic mass is 35.5. The fraction of sp³-hybridized carbons (Fsp3) is 0.467. The summed E-state index contributed by atoms with van der Waals surface area (Å²) in [7, 11) is 0. The Hall–Kier alpha value is -1.59. The molecule has 0 atom stereocenters. The van der Waals surface area contributed by atoms with Gasteiger partial charge in [-0.15, -0.1) is 0 Å². The Morgan fingerprint density at radius 3 is 2.67 bits per heavy atom. The second-order valence-electron chi connectivity index (χ2n) is 5.17. The van der Waals surface area contributed by atoms with Crippen molar-refractivity contribution < 1.29 is 14.7 Å². The Labute approximate surface area is 129 Å². The second-order valence-corrected chi connectivity index (χ2v) is 5.58. The first-order valence-corrected chi connectivity index (χ1v) is 7.30. The molecule has 0 saturated carbocycles. The molecule has 0 aliphatic heterocycles. The zero-order valence-electron chi connectivity index (χ0n) is 12.3. The minimum absolute atomic E-state index is 0.0132. The van der Waals surface area contributed by atoms with Gasteiger partial charge in [-0.3, -0.25) is 9.59 Å². The maximum absolute atomic E-state index is 12.0. The monoisotopic (exact) mass is 312 g/mol. The lowest BCUT2D eigenvalue weighted by molar-refractivity contribution is -0.116. The number of rotatable bonds is 7. The number of aliphatic hydroxyl groups is 1. The molecule has 6 heteroatoms. The predicted molar refractivity (Wildman–Crippen MR) is 83.6 cm³/mol. The van der Waals surface area contributed by atoms with Crippen LogP contribution in [-0.2, 0) is 4.79 Å². The fourth-order valence-electron chi connectivity index (χ4n) is 1.74. The molecule has 0 saturated heterocycles. The van der Waals surface area contributed by atoms with Gasteiger partial charge in [-0.05, 0) is 30.5 Å². The smallest absolute Gasteiger partial charge is 0.252 e. The number of hydrogen-bond acceptors (Lipinski definition) is 3. The molecule has 1 aromatic rings. The van der Waals surface area contributed by atoms with Gasteiger partial charge in [-0.25, -0.2) is 0 Å². The standard InChI is InChI=1S/C15H21ClN2O3/c1-10(2)8-14(20)18-11-4-5-13(16)12(9-11)15(21)17-6-3-7-19/h4-5,9-10,19H,3,6-8H2,1-2H3,(H,17,21)(H,18,20). The van der Waals surface area contributed by atoms with Gasteiger partial charge in [0.1, 0.15) is 0 Å². The molecule has 1 aromatic carbocycles. The van der Waals surface area contributed by atoms with Crippen LogP contribution < -0.4 is 10.6 Å². The van der Waals surface area contributed by atoms with Crippen molar-refractivity contribution in [2.75, 3.05) is 18.5 Å². The lowest BCUT2D eigenvalue weighted by Crippen LogP contribution is -2.25. The van der Waals surface area contributed by atoms with E-state index in [2.05, 4.69) is 10.6 Å². The average molecular weight is 313 g/mol. The van der Waals surface area contributed by atoms with E-state index in [1.807, 2.05) is 13.8 Å². The van der Waals surface area contributed by atoms with Crippen LogP contribution in [0.4, 0.5) is 5.69 Å². The van der Waals surface area contributed by atoms with E-state index >= 15 is 0 Å². The molecule has 3 N–H and O–H groups in total. The summed E-state index contributed by atoms with van der Waals surface area (Å²) in [6.07, 6.45) is 0.898. The van der Waals surface area contributed by atoms with Crippen LogP contribution in [-0.4, -0.2) is 30.1 Å². The van der Waals surface area contributed by atoms with Crippen LogP contribution >= 0.6 is 11.6 Å². The van der Waals surface area contributed by atoms with Gasteiger partial charge >= 0.3 is 0 Å². The minimum Gasteiger partial charge on any atom is -0.396 e. The molecule has 0 bridgehead atoms. The highest BCUT2D eigenvalue weighted by Crippen LogP contribution is 2.21. The first-order valence-electron chi connectivity index (χ1n) is 6.92. The summed E-state index contributed by atoms with van der Waals surface area (Å²) in [6.45, 7) is 4.30. The van der Waals surface area contributed by atoms with Crippen molar-refractivity contribution in [1.82, 2.24) is 5.32 Å². The van der Waals surface area contributed by atoms with E-state index in [0.717, 1.165) is 0 Å². The third-order valence-electron chi connectivity index (χ3n) is 2.71. The van der Waals surface area contributed by atoms with E-state index < -0.39 is 0 Å². The first kappa shape index (κ1) is 17.5. The Morgan fingerprint density at radius 2 is 2.05 bits per heavy atom. The Kier molecular flexibility index (Phi) is 7.19. The number of benzene rings is 1. The summed E-state index contributed by atoms with van der Waals surface area (Å²) >= 11 is 6.00. The molecule has 0 unspecified atom stereocenters. The molecule has 116 valence electrons. The average Bonchev–Trinajstić information content (AvgIpc) is 2.40.